The summed E-state index contributed by atoms with van der Waals surface area (Å²) in [7, 11) is 1.60. The van der Waals surface area contributed by atoms with E-state index < -0.39 is 6.36 Å². The van der Waals surface area contributed by atoms with E-state index in [1.807, 2.05) is 12.3 Å². The molecule has 0 saturated heterocycles. The minimum absolute atomic E-state index is 0.154. The molecule has 25 heavy (non-hydrogen) atoms. The Balaban J connectivity index is 1.86. The summed E-state index contributed by atoms with van der Waals surface area (Å²) in [6.45, 7) is 2.72. The molecule has 0 aliphatic rings. The van der Waals surface area contributed by atoms with Crippen LogP contribution in [0.5, 0.6) is 5.75 Å². The molecule has 1 aromatic heterocycles. The van der Waals surface area contributed by atoms with Crippen LogP contribution in [0.3, 0.4) is 0 Å². The van der Waals surface area contributed by atoms with Crippen molar-refractivity contribution in [2.75, 3.05) is 13.6 Å². The van der Waals surface area contributed by atoms with Crippen LogP contribution in [-0.2, 0) is 13.0 Å². The number of aromatic nitrogens is 1. The Labute approximate surface area is 148 Å². The molecule has 0 bridgehead atoms. The first-order valence-corrected chi connectivity index (χ1v) is 8.44. The molecule has 1 aromatic carbocycles. The van der Waals surface area contributed by atoms with Gasteiger partial charge >= 0.3 is 6.36 Å². The molecule has 9 heteroatoms. The van der Waals surface area contributed by atoms with Crippen molar-refractivity contribution in [1.82, 2.24) is 15.6 Å². The third kappa shape index (κ3) is 6.61. The second-order valence-corrected chi connectivity index (χ2v) is 6.18. The molecule has 5 nitrogen and oxygen atoms in total. The number of rotatable bonds is 6. The van der Waals surface area contributed by atoms with Crippen LogP contribution in [0.1, 0.15) is 16.3 Å². The van der Waals surface area contributed by atoms with Crippen molar-refractivity contribution in [1.29, 1.82) is 0 Å². The lowest BCUT2D eigenvalue weighted by Gasteiger charge is -2.15. The van der Waals surface area contributed by atoms with Crippen LogP contribution in [0, 0.1) is 6.92 Å². The van der Waals surface area contributed by atoms with Crippen molar-refractivity contribution in [2.45, 2.75) is 26.3 Å². The topological polar surface area (TPSA) is 58.5 Å². The zero-order valence-electron chi connectivity index (χ0n) is 13.9. The van der Waals surface area contributed by atoms with Gasteiger partial charge in [-0.25, -0.2) is 4.98 Å². The van der Waals surface area contributed by atoms with E-state index in [0.717, 1.165) is 17.1 Å². The van der Waals surface area contributed by atoms with Gasteiger partial charge < -0.3 is 15.4 Å². The Morgan fingerprint density at radius 1 is 1.28 bits per heavy atom. The Hall–Kier alpha value is -2.29. The highest BCUT2D eigenvalue weighted by Gasteiger charge is 2.31. The van der Waals surface area contributed by atoms with Gasteiger partial charge in [-0.2, -0.15) is 0 Å². The van der Waals surface area contributed by atoms with Crippen molar-refractivity contribution in [2.24, 2.45) is 4.99 Å². The van der Waals surface area contributed by atoms with Gasteiger partial charge in [0.1, 0.15) is 5.75 Å². The number of benzene rings is 1. The van der Waals surface area contributed by atoms with Crippen molar-refractivity contribution in [3.63, 3.8) is 0 Å². The monoisotopic (exact) mass is 372 g/mol. The van der Waals surface area contributed by atoms with Crippen LogP contribution in [0.15, 0.2) is 34.6 Å². The molecule has 2 N–H and O–H groups in total. The maximum absolute atomic E-state index is 12.4. The number of aryl methyl sites for hydroxylation is 1. The molecule has 1 heterocycles. The van der Waals surface area contributed by atoms with E-state index in [4.69, 9.17) is 0 Å². The highest BCUT2D eigenvalue weighted by atomic mass is 32.1. The highest BCUT2D eigenvalue weighted by molar-refractivity contribution is 7.09. The van der Waals surface area contributed by atoms with E-state index in [2.05, 4.69) is 25.3 Å². The summed E-state index contributed by atoms with van der Waals surface area (Å²) in [5.41, 5.74) is 1.38. The lowest BCUT2D eigenvalue weighted by atomic mass is 10.2. The molecule has 0 unspecified atom stereocenters. The van der Waals surface area contributed by atoms with Gasteiger partial charge in [-0.15, -0.1) is 24.5 Å². The number of guanidine groups is 1. The predicted molar refractivity (Wildman–Crippen MR) is 91.9 cm³/mol. The zero-order chi connectivity index (χ0) is 18.3. The minimum Gasteiger partial charge on any atom is -0.405 e. The number of alkyl halides is 3. The number of aliphatic imine (C=N–C) groups is 1. The highest BCUT2D eigenvalue weighted by Crippen LogP contribution is 2.25. The Morgan fingerprint density at radius 3 is 2.68 bits per heavy atom. The molecule has 0 radical (unpaired) electrons. The Morgan fingerprint density at radius 2 is 2.04 bits per heavy atom. The fourth-order valence-electron chi connectivity index (χ4n) is 2.11. The predicted octanol–water partition coefficient (Wildman–Crippen LogP) is 3.26. The standard InChI is InChI=1S/C16H19F3N4OS/c1-11-23-13(10-25-11)7-8-21-15(20-2)22-9-12-5-3-4-6-14(12)24-16(17,18)19/h3-6,10H,7-9H2,1-2H3,(H2,20,21,22). The normalized spacial score (nSPS) is 12.1. The first-order valence-electron chi connectivity index (χ1n) is 7.56. The lowest BCUT2D eigenvalue weighted by molar-refractivity contribution is -0.274. The van der Waals surface area contributed by atoms with Crippen molar-refractivity contribution >= 4 is 17.3 Å². The quantitative estimate of drug-likeness (QED) is 0.604. The van der Waals surface area contributed by atoms with Crippen LogP contribution in [0.2, 0.25) is 0 Å². The smallest absolute Gasteiger partial charge is 0.405 e. The van der Waals surface area contributed by atoms with Gasteiger partial charge in [0.15, 0.2) is 5.96 Å². The Kier molecular flexibility index (Phi) is 6.63. The molecule has 0 fully saturated rings. The number of para-hydroxylation sites is 1. The minimum atomic E-state index is -4.72. The maximum atomic E-state index is 12.4. The van der Waals surface area contributed by atoms with Crippen molar-refractivity contribution in [3.05, 3.63) is 45.9 Å². The molecule has 136 valence electrons. The van der Waals surface area contributed by atoms with Gasteiger partial charge in [-0.3, -0.25) is 4.99 Å². The van der Waals surface area contributed by atoms with Crippen molar-refractivity contribution < 1.29 is 17.9 Å². The van der Waals surface area contributed by atoms with E-state index in [9.17, 15) is 13.2 Å². The SMILES string of the molecule is CN=C(NCCc1csc(C)n1)NCc1ccccc1OC(F)(F)F. The second kappa shape index (κ2) is 8.70. The number of thiazole rings is 1. The summed E-state index contributed by atoms with van der Waals surface area (Å²) >= 11 is 1.59. The van der Waals surface area contributed by atoms with Crippen LogP contribution in [0.4, 0.5) is 13.2 Å². The molecule has 0 atom stereocenters. The molecular formula is C16H19F3N4OS. The first kappa shape index (κ1) is 19.0. The van der Waals surface area contributed by atoms with Gasteiger partial charge in [-0.05, 0) is 13.0 Å². The lowest BCUT2D eigenvalue weighted by Crippen LogP contribution is -2.38. The van der Waals surface area contributed by atoms with Crippen LogP contribution in [0.25, 0.3) is 0 Å². The molecule has 0 aliphatic carbocycles. The number of ether oxygens (including phenoxy) is 1. The van der Waals surface area contributed by atoms with E-state index in [-0.39, 0.29) is 12.3 Å². The zero-order valence-corrected chi connectivity index (χ0v) is 14.7. The molecule has 0 amide bonds. The maximum Gasteiger partial charge on any atom is 0.573 e. The van der Waals surface area contributed by atoms with Gasteiger partial charge in [-0.1, -0.05) is 18.2 Å². The van der Waals surface area contributed by atoms with Crippen LogP contribution in [-0.4, -0.2) is 30.9 Å². The molecule has 2 rings (SSSR count). The van der Waals surface area contributed by atoms with Crippen molar-refractivity contribution in [3.8, 4) is 5.75 Å². The summed E-state index contributed by atoms with van der Waals surface area (Å²) in [4.78, 5) is 8.43. The van der Waals surface area contributed by atoms with Crippen LogP contribution >= 0.6 is 11.3 Å². The average Bonchev–Trinajstić information content (AvgIpc) is 2.96. The van der Waals surface area contributed by atoms with E-state index in [1.54, 1.807) is 30.5 Å². The van der Waals surface area contributed by atoms with Gasteiger partial charge in [0, 0.05) is 37.5 Å². The first-order chi connectivity index (χ1) is 11.9. The largest absolute Gasteiger partial charge is 0.573 e. The molecule has 2 aromatic rings. The second-order valence-electron chi connectivity index (χ2n) is 5.12. The summed E-state index contributed by atoms with van der Waals surface area (Å²) in [5, 5.41) is 9.09. The number of nitrogens with zero attached hydrogens (tertiary/aromatic N) is 2. The average molecular weight is 372 g/mol. The number of hydrogen-bond donors (Lipinski definition) is 2. The van der Waals surface area contributed by atoms with E-state index in [0.29, 0.717) is 18.1 Å². The summed E-state index contributed by atoms with van der Waals surface area (Å²) in [5.74, 6) is 0.268. The van der Waals surface area contributed by atoms with Gasteiger partial charge in [0.2, 0.25) is 0 Å². The van der Waals surface area contributed by atoms with E-state index in [1.165, 1.54) is 12.1 Å². The number of halogens is 3. The third-order valence-electron chi connectivity index (χ3n) is 3.21. The molecule has 0 spiro atoms. The van der Waals surface area contributed by atoms with Crippen LogP contribution < -0.4 is 15.4 Å². The van der Waals surface area contributed by atoms with E-state index >= 15 is 0 Å². The third-order valence-corrected chi connectivity index (χ3v) is 4.03. The molecule has 0 saturated carbocycles. The number of hydrogen-bond acceptors (Lipinski definition) is 4. The summed E-state index contributed by atoms with van der Waals surface area (Å²) in [6, 6.07) is 6.00. The fraction of sp³-hybridized carbons (Fsp3) is 0.375. The molecule has 0 aliphatic heterocycles. The van der Waals surface area contributed by atoms with Gasteiger partial charge in [0.05, 0.1) is 10.7 Å². The number of nitrogens with one attached hydrogen (secondary N) is 2. The summed E-state index contributed by atoms with van der Waals surface area (Å²) in [6.07, 6.45) is -3.99. The molecular weight excluding hydrogens is 353 g/mol. The Bertz CT molecular complexity index is 715. The summed E-state index contributed by atoms with van der Waals surface area (Å²) < 4.78 is 41.3. The fourth-order valence-corrected chi connectivity index (χ4v) is 2.75. The van der Waals surface area contributed by atoms with Gasteiger partial charge in [0.25, 0.3) is 0 Å².